The van der Waals surface area contributed by atoms with Crippen molar-refractivity contribution in [2.75, 3.05) is 5.73 Å². The monoisotopic (exact) mass is 305 g/mol. The molecule has 0 saturated carbocycles. The van der Waals surface area contributed by atoms with Gasteiger partial charge in [0.25, 0.3) is 5.95 Å². The van der Waals surface area contributed by atoms with Gasteiger partial charge >= 0.3 is 0 Å². The molecule has 1 atom stereocenters. The van der Waals surface area contributed by atoms with Crippen LogP contribution in [0.3, 0.4) is 0 Å². The number of halogens is 2. The molecule has 0 bridgehead atoms. The third kappa shape index (κ3) is 2.58. The summed E-state index contributed by atoms with van der Waals surface area (Å²) in [6.45, 7) is 1.85. The molecule has 0 amide bonds. The van der Waals surface area contributed by atoms with E-state index in [0.717, 1.165) is 16.8 Å². The molecule has 22 heavy (non-hydrogen) atoms. The highest BCUT2D eigenvalue weighted by molar-refractivity contribution is 5.76. The van der Waals surface area contributed by atoms with Crippen LogP contribution in [0.5, 0.6) is 0 Å². The Balaban J connectivity index is 1.95. The Bertz CT molecular complexity index is 693. The molecule has 1 aliphatic carbocycles. The first kappa shape index (κ1) is 14.6. The molecular formula is C15H17F2N5. The second-order valence-electron chi connectivity index (χ2n) is 5.40. The molecule has 0 spiro atoms. The normalized spacial score (nSPS) is 18.5. The van der Waals surface area contributed by atoms with Crippen LogP contribution in [0.1, 0.15) is 30.5 Å². The average Bonchev–Trinajstić information content (AvgIpc) is 2.83. The highest BCUT2D eigenvalue weighted by Crippen LogP contribution is 2.37. The van der Waals surface area contributed by atoms with E-state index in [1.54, 1.807) is 18.5 Å². The van der Waals surface area contributed by atoms with Crippen LogP contribution in [0.4, 0.5) is 14.6 Å². The van der Waals surface area contributed by atoms with Crippen LogP contribution < -0.4 is 5.73 Å². The Morgan fingerprint density at radius 2 is 2.05 bits per heavy atom. The van der Waals surface area contributed by atoms with Crippen molar-refractivity contribution in [3.05, 3.63) is 35.8 Å². The average molecular weight is 305 g/mol. The van der Waals surface area contributed by atoms with Crippen molar-refractivity contribution in [3.8, 4) is 5.95 Å². The zero-order chi connectivity index (χ0) is 15.7. The van der Waals surface area contributed by atoms with Gasteiger partial charge in [-0.25, -0.2) is 18.7 Å². The number of allylic oxidation sites excluding steroid dienone is 2. The van der Waals surface area contributed by atoms with Gasteiger partial charge < -0.3 is 5.73 Å². The number of anilines is 1. The van der Waals surface area contributed by atoms with E-state index in [1.165, 1.54) is 4.68 Å². The Morgan fingerprint density at radius 1 is 1.32 bits per heavy atom. The van der Waals surface area contributed by atoms with Crippen LogP contribution in [-0.4, -0.2) is 26.2 Å². The topological polar surface area (TPSA) is 69.6 Å². The Hall–Kier alpha value is -2.31. The van der Waals surface area contributed by atoms with E-state index in [0.29, 0.717) is 31.0 Å². The summed E-state index contributed by atoms with van der Waals surface area (Å²) in [6.07, 6.45) is 4.25. The van der Waals surface area contributed by atoms with E-state index in [4.69, 9.17) is 5.73 Å². The van der Waals surface area contributed by atoms with Crippen molar-refractivity contribution in [3.63, 3.8) is 0 Å². The number of nitrogens with two attached hydrogens (primary N) is 1. The van der Waals surface area contributed by atoms with Crippen molar-refractivity contribution in [2.45, 2.75) is 32.6 Å². The van der Waals surface area contributed by atoms with E-state index in [1.807, 2.05) is 13.0 Å². The maximum absolute atomic E-state index is 12.7. The Kier molecular flexibility index (Phi) is 3.87. The fourth-order valence-electron chi connectivity index (χ4n) is 2.81. The molecule has 5 nitrogen and oxygen atoms in total. The molecule has 3 rings (SSSR count). The van der Waals surface area contributed by atoms with Crippen LogP contribution in [0, 0.1) is 12.8 Å². The van der Waals surface area contributed by atoms with Crippen LogP contribution in [0.25, 0.3) is 11.5 Å². The van der Waals surface area contributed by atoms with E-state index >= 15 is 0 Å². The van der Waals surface area contributed by atoms with Crippen LogP contribution in [-0.2, 0) is 0 Å². The van der Waals surface area contributed by atoms with Crippen molar-refractivity contribution >= 4 is 11.4 Å². The molecule has 2 heterocycles. The lowest BCUT2D eigenvalue weighted by Gasteiger charge is -2.21. The first-order valence-corrected chi connectivity index (χ1v) is 7.18. The third-order valence-corrected chi connectivity index (χ3v) is 3.97. The van der Waals surface area contributed by atoms with Crippen molar-refractivity contribution < 1.29 is 8.78 Å². The fraction of sp³-hybridized carbons (Fsp3) is 0.400. The Labute approximate surface area is 126 Å². The van der Waals surface area contributed by atoms with Crippen LogP contribution >= 0.6 is 0 Å². The maximum Gasteiger partial charge on any atom is 0.252 e. The van der Waals surface area contributed by atoms with Gasteiger partial charge in [-0.3, -0.25) is 0 Å². The molecule has 2 aromatic heterocycles. The number of alkyl halides is 2. The predicted molar refractivity (Wildman–Crippen MR) is 79.6 cm³/mol. The Morgan fingerprint density at radius 3 is 2.64 bits per heavy atom. The van der Waals surface area contributed by atoms with Gasteiger partial charge in [0.2, 0.25) is 6.43 Å². The van der Waals surface area contributed by atoms with Crippen LogP contribution in [0.2, 0.25) is 0 Å². The van der Waals surface area contributed by atoms with Crippen molar-refractivity contribution in [1.82, 2.24) is 19.7 Å². The lowest BCUT2D eigenvalue weighted by atomic mass is 9.86. The minimum Gasteiger partial charge on any atom is -0.383 e. The molecule has 7 heteroatoms. The number of hydrogen-bond acceptors (Lipinski definition) is 4. The quantitative estimate of drug-likeness (QED) is 0.946. The summed E-state index contributed by atoms with van der Waals surface area (Å²) < 4.78 is 27.0. The molecule has 2 N–H and O–H groups in total. The summed E-state index contributed by atoms with van der Waals surface area (Å²) in [5, 5.41) is 4.39. The van der Waals surface area contributed by atoms with Crippen molar-refractivity contribution in [1.29, 1.82) is 0 Å². The van der Waals surface area contributed by atoms with Gasteiger partial charge in [-0.1, -0.05) is 6.08 Å². The molecule has 0 fully saturated rings. The molecule has 1 aliphatic rings. The van der Waals surface area contributed by atoms with Gasteiger partial charge in [-0.2, -0.15) is 9.78 Å². The predicted octanol–water partition coefficient (Wildman–Crippen LogP) is 3.00. The molecule has 0 radical (unpaired) electrons. The summed E-state index contributed by atoms with van der Waals surface area (Å²) in [5.41, 5.74) is 8.75. The number of aromatic nitrogens is 4. The molecule has 0 saturated heterocycles. The number of nitrogen functional groups attached to an aromatic ring is 1. The SMILES string of the molecule is Cc1nn(-c2ncccn2)c(N)c1C1=CCC(C(F)F)CC1. The van der Waals surface area contributed by atoms with Gasteiger partial charge in [-0.15, -0.1) is 0 Å². The summed E-state index contributed by atoms with van der Waals surface area (Å²) >= 11 is 0. The second-order valence-corrected chi connectivity index (χ2v) is 5.40. The molecule has 116 valence electrons. The minimum absolute atomic E-state index is 0.374. The summed E-state index contributed by atoms with van der Waals surface area (Å²) in [4.78, 5) is 8.27. The van der Waals surface area contributed by atoms with Gasteiger partial charge in [0.1, 0.15) is 5.82 Å². The number of hydrogen-bond donors (Lipinski definition) is 1. The van der Waals surface area contributed by atoms with Gasteiger partial charge in [0, 0.05) is 23.9 Å². The highest BCUT2D eigenvalue weighted by atomic mass is 19.3. The summed E-state index contributed by atoms with van der Waals surface area (Å²) in [6, 6.07) is 1.71. The summed E-state index contributed by atoms with van der Waals surface area (Å²) in [7, 11) is 0. The first-order valence-electron chi connectivity index (χ1n) is 7.18. The molecule has 0 aliphatic heterocycles. The number of rotatable bonds is 3. The molecule has 2 aromatic rings. The molecular weight excluding hydrogens is 288 g/mol. The van der Waals surface area contributed by atoms with E-state index in [9.17, 15) is 8.78 Å². The smallest absolute Gasteiger partial charge is 0.252 e. The zero-order valence-corrected chi connectivity index (χ0v) is 12.2. The van der Waals surface area contributed by atoms with Gasteiger partial charge in [-0.05, 0) is 37.8 Å². The molecule has 0 aromatic carbocycles. The fourth-order valence-corrected chi connectivity index (χ4v) is 2.81. The molecule has 1 unspecified atom stereocenters. The van der Waals surface area contributed by atoms with Gasteiger partial charge in [0.15, 0.2) is 0 Å². The minimum atomic E-state index is -2.27. The van der Waals surface area contributed by atoms with Gasteiger partial charge in [0.05, 0.1) is 5.69 Å². The van der Waals surface area contributed by atoms with Crippen LogP contribution in [0.15, 0.2) is 24.5 Å². The largest absolute Gasteiger partial charge is 0.383 e. The van der Waals surface area contributed by atoms with Crippen molar-refractivity contribution in [2.24, 2.45) is 5.92 Å². The highest BCUT2D eigenvalue weighted by Gasteiger charge is 2.26. The standard InChI is InChI=1S/C15H17F2N5/c1-9-12(10-3-5-11(6-4-10)13(16)17)14(18)22(21-9)15-19-7-2-8-20-15/h2-3,7-8,11,13H,4-6,18H2,1H3. The second kappa shape index (κ2) is 5.82. The first-order chi connectivity index (χ1) is 10.6. The number of nitrogens with zero attached hydrogens (tertiary/aromatic N) is 4. The maximum atomic E-state index is 12.7. The van der Waals surface area contributed by atoms with E-state index in [2.05, 4.69) is 15.1 Å². The third-order valence-electron chi connectivity index (χ3n) is 3.97. The number of aryl methyl sites for hydroxylation is 1. The lowest BCUT2D eigenvalue weighted by molar-refractivity contribution is 0.0729. The van der Waals surface area contributed by atoms with E-state index in [-0.39, 0.29) is 0 Å². The van der Waals surface area contributed by atoms with E-state index < -0.39 is 12.3 Å². The summed E-state index contributed by atoms with van der Waals surface area (Å²) in [5.74, 6) is 0.291. The zero-order valence-electron chi connectivity index (χ0n) is 12.2. The lowest BCUT2D eigenvalue weighted by Crippen LogP contribution is -2.14.